The Morgan fingerprint density at radius 3 is 2.49 bits per heavy atom. The Kier molecular flexibility index (Phi) is 6.12. The van der Waals surface area contributed by atoms with Crippen LogP contribution in [0.25, 0.3) is 16.9 Å². The predicted octanol–water partition coefficient (Wildman–Crippen LogP) is 6.05. The third-order valence-electron chi connectivity index (χ3n) is 8.20. The van der Waals surface area contributed by atoms with E-state index in [1.54, 1.807) is 18.2 Å². The largest absolute Gasteiger partial charge is 0.371 e. The van der Waals surface area contributed by atoms with Gasteiger partial charge in [-0.05, 0) is 56.9 Å². The quantitative estimate of drug-likeness (QED) is 0.428. The van der Waals surface area contributed by atoms with Crippen molar-refractivity contribution in [1.29, 1.82) is 0 Å². The smallest absolute Gasteiger partial charge is 0.272 e. The number of nitrogens with zero attached hydrogens (tertiary/aromatic N) is 5. The normalized spacial score (nSPS) is 22.3. The molecule has 2 saturated heterocycles. The molecule has 0 N–H and O–H groups in total. The van der Waals surface area contributed by atoms with Crippen LogP contribution in [0.1, 0.15) is 80.4 Å². The van der Waals surface area contributed by atoms with Gasteiger partial charge in [0, 0.05) is 61.8 Å². The molecule has 0 bridgehead atoms. The van der Waals surface area contributed by atoms with E-state index in [9.17, 15) is 13.6 Å². The van der Waals surface area contributed by atoms with Gasteiger partial charge in [-0.1, -0.05) is 12.8 Å². The molecule has 9 heteroatoms. The maximum atomic E-state index is 15.2. The second-order valence-electron chi connectivity index (χ2n) is 10.9. The van der Waals surface area contributed by atoms with E-state index >= 15 is 4.39 Å². The summed E-state index contributed by atoms with van der Waals surface area (Å²) in [5.74, 6) is -3.74. The van der Waals surface area contributed by atoms with Gasteiger partial charge in [0.05, 0.1) is 11.4 Å². The average Bonchev–Trinajstić information content (AvgIpc) is 3.49. The molecule has 6 nitrogen and oxygen atoms in total. The van der Waals surface area contributed by atoms with E-state index in [2.05, 4.69) is 15.0 Å². The molecule has 37 heavy (non-hydrogen) atoms. The van der Waals surface area contributed by atoms with Crippen LogP contribution in [0.5, 0.6) is 0 Å². The van der Waals surface area contributed by atoms with E-state index in [4.69, 9.17) is 0 Å². The number of halogens is 3. The van der Waals surface area contributed by atoms with Crippen molar-refractivity contribution in [3.63, 3.8) is 0 Å². The van der Waals surface area contributed by atoms with E-state index in [1.165, 1.54) is 10.6 Å². The summed E-state index contributed by atoms with van der Waals surface area (Å²) in [6.07, 6.45) is 5.62. The number of aromatic nitrogens is 3. The van der Waals surface area contributed by atoms with Crippen LogP contribution in [-0.2, 0) is 0 Å². The maximum Gasteiger partial charge on any atom is 0.272 e. The lowest BCUT2D eigenvalue weighted by molar-refractivity contribution is -0.0879. The molecule has 4 heterocycles. The first-order chi connectivity index (χ1) is 17.8. The number of likely N-dealkylation sites (tertiary alicyclic amines) is 1. The molecular formula is C28H32F3N5O. The maximum absolute atomic E-state index is 15.2. The number of alkyl halides is 2. The van der Waals surface area contributed by atoms with Gasteiger partial charge in [0.25, 0.3) is 5.91 Å². The number of hydrogen-bond donors (Lipinski definition) is 0. The van der Waals surface area contributed by atoms with E-state index < -0.39 is 11.8 Å². The zero-order valence-electron chi connectivity index (χ0n) is 21.1. The zero-order chi connectivity index (χ0) is 25.7. The fraction of sp³-hybridized carbons (Fsp3) is 0.536. The standard InChI is InChI=1S/C28H32F3N5O/c1-18-7-3-2-4-12-35(18)27(37)24-14-25(19-16-28(30,31)17-19)36-26(32-24)15-23(33-36)21-9-8-20(13-22(21)29)34-10-5-6-11-34/h8-9,13-15,18-19H,2-7,10-12,16-17H2,1H3/t18-/m1/s1. The molecule has 3 fully saturated rings. The van der Waals surface area contributed by atoms with Gasteiger partial charge in [-0.2, -0.15) is 5.10 Å². The second-order valence-corrected chi connectivity index (χ2v) is 10.9. The monoisotopic (exact) mass is 511 g/mol. The molecule has 1 aromatic carbocycles. The molecule has 2 aromatic heterocycles. The lowest BCUT2D eigenvalue weighted by Gasteiger charge is -2.35. The summed E-state index contributed by atoms with van der Waals surface area (Å²) in [7, 11) is 0. The van der Waals surface area contributed by atoms with Gasteiger partial charge in [0.1, 0.15) is 11.5 Å². The average molecular weight is 512 g/mol. The lowest BCUT2D eigenvalue weighted by Crippen LogP contribution is -2.39. The van der Waals surface area contributed by atoms with Gasteiger partial charge >= 0.3 is 0 Å². The summed E-state index contributed by atoms with van der Waals surface area (Å²) >= 11 is 0. The molecule has 2 aliphatic heterocycles. The molecule has 1 aliphatic carbocycles. The minimum absolute atomic E-state index is 0.0909. The number of amides is 1. The number of benzene rings is 1. The van der Waals surface area contributed by atoms with Crippen LogP contribution in [0.2, 0.25) is 0 Å². The van der Waals surface area contributed by atoms with E-state index in [0.717, 1.165) is 57.3 Å². The molecule has 6 rings (SSSR count). The molecule has 3 aliphatic rings. The van der Waals surface area contributed by atoms with Crippen LogP contribution in [0.4, 0.5) is 18.9 Å². The first kappa shape index (κ1) is 24.2. The molecule has 0 spiro atoms. The van der Waals surface area contributed by atoms with Crippen LogP contribution in [-0.4, -0.2) is 57.0 Å². The van der Waals surface area contributed by atoms with Crippen molar-refractivity contribution in [1.82, 2.24) is 19.5 Å². The predicted molar refractivity (Wildman–Crippen MR) is 136 cm³/mol. The molecule has 1 atom stereocenters. The number of carbonyl (C=O) groups excluding carboxylic acids is 1. The van der Waals surface area contributed by atoms with Gasteiger partial charge in [-0.3, -0.25) is 4.79 Å². The Bertz CT molecular complexity index is 1320. The number of rotatable bonds is 4. The summed E-state index contributed by atoms with van der Waals surface area (Å²) in [5.41, 5.74) is 2.68. The summed E-state index contributed by atoms with van der Waals surface area (Å²) in [6, 6.07) is 8.50. The van der Waals surface area contributed by atoms with Gasteiger partial charge in [-0.15, -0.1) is 0 Å². The Balaban J connectivity index is 1.39. The number of anilines is 1. The summed E-state index contributed by atoms with van der Waals surface area (Å²) in [5, 5.41) is 4.60. The zero-order valence-corrected chi connectivity index (χ0v) is 21.1. The lowest BCUT2D eigenvalue weighted by atomic mass is 9.79. The Hall–Kier alpha value is -3.10. The van der Waals surface area contributed by atoms with E-state index in [1.807, 2.05) is 17.9 Å². The fourth-order valence-electron chi connectivity index (χ4n) is 6.01. The SMILES string of the molecule is C[C@@H]1CCCCCN1C(=O)c1cc(C2CC(F)(F)C2)n2nc(-c3ccc(N4CCCC4)cc3F)cc2n1. The molecule has 1 amide bonds. The van der Waals surface area contributed by atoms with Crippen LogP contribution in [0.3, 0.4) is 0 Å². The molecule has 196 valence electrons. The van der Waals surface area contributed by atoms with Gasteiger partial charge in [-0.25, -0.2) is 22.7 Å². The Morgan fingerprint density at radius 2 is 1.76 bits per heavy atom. The molecule has 1 saturated carbocycles. The van der Waals surface area contributed by atoms with Crippen molar-refractivity contribution in [2.75, 3.05) is 24.5 Å². The van der Waals surface area contributed by atoms with E-state index in [-0.39, 0.29) is 36.3 Å². The van der Waals surface area contributed by atoms with Crippen molar-refractivity contribution < 1.29 is 18.0 Å². The molecule has 0 radical (unpaired) electrons. The van der Waals surface area contributed by atoms with E-state index in [0.29, 0.717) is 29.1 Å². The fourth-order valence-corrected chi connectivity index (χ4v) is 6.01. The van der Waals surface area contributed by atoms with Crippen molar-refractivity contribution in [2.45, 2.75) is 76.2 Å². The van der Waals surface area contributed by atoms with Crippen LogP contribution < -0.4 is 4.90 Å². The highest BCUT2D eigenvalue weighted by Crippen LogP contribution is 2.48. The summed E-state index contributed by atoms with van der Waals surface area (Å²) < 4.78 is 44.4. The summed E-state index contributed by atoms with van der Waals surface area (Å²) in [4.78, 5) is 22.1. The van der Waals surface area contributed by atoms with Crippen LogP contribution in [0.15, 0.2) is 30.3 Å². The third kappa shape index (κ3) is 4.57. The Morgan fingerprint density at radius 1 is 1.00 bits per heavy atom. The molecular weight excluding hydrogens is 479 g/mol. The Labute approximate surface area is 214 Å². The first-order valence-electron chi connectivity index (χ1n) is 13.4. The van der Waals surface area contributed by atoms with Crippen LogP contribution >= 0.6 is 0 Å². The van der Waals surface area contributed by atoms with Crippen molar-refractivity contribution in [3.05, 3.63) is 47.5 Å². The highest BCUT2D eigenvalue weighted by Gasteiger charge is 2.47. The van der Waals surface area contributed by atoms with Crippen molar-refractivity contribution in [2.24, 2.45) is 0 Å². The van der Waals surface area contributed by atoms with Gasteiger partial charge in [0.15, 0.2) is 5.65 Å². The molecule has 3 aromatic rings. The first-order valence-corrected chi connectivity index (χ1v) is 13.4. The number of fused-ring (bicyclic) bond motifs is 1. The van der Waals surface area contributed by atoms with Crippen molar-refractivity contribution in [3.8, 4) is 11.3 Å². The number of hydrogen-bond acceptors (Lipinski definition) is 4. The topological polar surface area (TPSA) is 53.7 Å². The van der Waals surface area contributed by atoms with Crippen molar-refractivity contribution >= 4 is 17.2 Å². The minimum atomic E-state index is -2.72. The van der Waals surface area contributed by atoms with Gasteiger partial charge in [0.2, 0.25) is 5.92 Å². The highest BCUT2D eigenvalue weighted by molar-refractivity contribution is 5.93. The highest BCUT2D eigenvalue weighted by atomic mass is 19.3. The summed E-state index contributed by atoms with van der Waals surface area (Å²) in [6.45, 7) is 4.53. The minimum Gasteiger partial charge on any atom is -0.371 e. The number of carbonyl (C=O) groups is 1. The second kappa shape index (κ2) is 9.33. The third-order valence-corrected chi connectivity index (χ3v) is 8.20. The molecule has 0 unspecified atom stereocenters. The van der Waals surface area contributed by atoms with Crippen LogP contribution in [0, 0.1) is 5.82 Å². The van der Waals surface area contributed by atoms with Gasteiger partial charge < -0.3 is 9.80 Å².